The standard InChI is InChI=1S/C11H12N4O4S/c1-12-11-8(13-14-20-11)6-19-10-4-3-7(18-2)5-9(10)15(16)17/h3-5,12H,6H2,1-2H3. The number of hydrogen-bond donors (Lipinski definition) is 1. The minimum Gasteiger partial charge on any atom is -0.496 e. The lowest BCUT2D eigenvalue weighted by molar-refractivity contribution is -0.386. The number of nitrogens with one attached hydrogen (secondary N) is 1. The highest BCUT2D eigenvalue weighted by Gasteiger charge is 2.17. The SMILES string of the molecule is CNc1snnc1COc1ccc(OC)cc1[N+](=O)[O-]. The van der Waals surface area contributed by atoms with Crippen molar-refractivity contribution in [2.24, 2.45) is 0 Å². The summed E-state index contributed by atoms with van der Waals surface area (Å²) in [5.74, 6) is 0.557. The number of nitro benzene ring substituents is 1. The monoisotopic (exact) mass is 296 g/mol. The van der Waals surface area contributed by atoms with Crippen molar-refractivity contribution < 1.29 is 14.4 Å². The highest BCUT2D eigenvalue weighted by atomic mass is 32.1. The number of hydrogen-bond acceptors (Lipinski definition) is 8. The second kappa shape index (κ2) is 6.15. The summed E-state index contributed by atoms with van der Waals surface area (Å²) in [5, 5.41) is 18.6. The van der Waals surface area contributed by atoms with E-state index in [9.17, 15) is 10.1 Å². The number of benzene rings is 1. The van der Waals surface area contributed by atoms with E-state index in [1.807, 2.05) is 0 Å². The Kier molecular flexibility index (Phi) is 4.31. The third kappa shape index (κ3) is 2.94. The minimum absolute atomic E-state index is 0.0971. The molecule has 106 valence electrons. The molecule has 0 saturated carbocycles. The fourth-order valence-corrected chi connectivity index (χ4v) is 2.05. The first kappa shape index (κ1) is 14.0. The largest absolute Gasteiger partial charge is 0.496 e. The summed E-state index contributed by atoms with van der Waals surface area (Å²) in [6.07, 6.45) is 0. The van der Waals surface area contributed by atoms with Crippen molar-refractivity contribution in [1.29, 1.82) is 0 Å². The van der Waals surface area contributed by atoms with Crippen molar-refractivity contribution in [2.45, 2.75) is 6.61 Å². The molecule has 1 N–H and O–H groups in total. The lowest BCUT2D eigenvalue weighted by atomic mass is 10.3. The summed E-state index contributed by atoms with van der Waals surface area (Å²) in [7, 11) is 3.19. The van der Waals surface area contributed by atoms with E-state index in [2.05, 4.69) is 14.9 Å². The van der Waals surface area contributed by atoms with E-state index in [1.54, 1.807) is 13.1 Å². The maximum Gasteiger partial charge on any atom is 0.314 e. The van der Waals surface area contributed by atoms with E-state index >= 15 is 0 Å². The number of methoxy groups -OCH3 is 1. The van der Waals surface area contributed by atoms with E-state index in [1.165, 1.54) is 30.8 Å². The van der Waals surface area contributed by atoms with Crippen LogP contribution < -0.4 is 14.8 Å². The maximum absolute atomic E-state index is 11.0. The molecule has 0 bridgehead atoms. The molecule has 2 rings (SSSR count). The summed E-state index contributed by atoms with van der Waals surface area (Å²) in [4.78, 5) is 10.5. The Labute approximate surface area is 118 Å². The zero-order chi connectivity index (χ0) is 14.5. The molecule has 2 aromatic rings. The summed E-state index contributed by atoms with van der Waals surface area (Å²) < 4.78 is 14.2. The van der Waals surface area contributed by atoms with Crippen LogP contribution in [0, 0.1) is 10.1 Å². The van der Waals surface area contributed by atoms with Gasteiger partial charge in [0.2, 0.25) is 0 Å². The van der Waals surface area contributed by atoms with E-state index in [-0.39, 0.29) is 18.0 Å². The Morgan fingerprint density at radius 2 is 2.30 bits per heavy atom. The first-order valence-electron chi connectivity index (χ1n) is 5.60. The smallest absolute Gasteiger partial charge is 0.314 e. The molecule has 9 heteroatoms. The van der Waals surface area contributed by atoms with Crippen molar-refractivity contribution in [3.05, 3.63) is 34.0 Å². The van der Waals surface area contributed by atoms with Crippen LogP contribution in [-0.2, 0) is 6.61 Å². The molecular weight excluding hydrogens is 284 g/mol. The second-order valence-electron chi connectivity index (χ2n) is 3.68. The van der Waals surface area contributed by atoms with Crippen molar-refractivity contribution >= 4 is 22.2 Å². The zero-order valence-corrected chi connectivity index (χ0v) is 11.6. The normalized spacial score (nSPS) is 10.1. The van der Waals surface area contributed by atoms with Crippen LogP contribution in [0.5, 0.6) is 11.5 Å². The Balaban J connectivity index is 2.19. The van der Waals surface area contributed by atoms with Gasteiger partial charge in [-0.3, -0.25) is 10.1 Å². The highest BCUT2D eigenvalue weighted by molar-refractivity contribution is 7.10. The first-order valence-corrected chi connectivity index (χ1v) is 6.37. The molecule has 1 heterocycles. The quantitative estimate of drug-likeness (QED) is 0.643. The Bertz CT molecular complexity index is 616. The molecule has 0 aliphatic carbocycles. The van der Waals surface area contributed by atoms with Crippen molar-refractivity contribution in [3.8, 4) is 11.5 Å². The second-order valence-corrected chi connectivity index (χ2v) is 4.43. The van der Waals surface area contributed by atoms with E-state index in [4.69, 9.17) is 9.47 Å². The molecule has 8 nitrogen and oxygen atoms in total. The topological polar surface area (TPSA) is 99.4 Å². The zero-order valence-electron chi connectivity index (χ0n) is 10.8. The van der Waals surface area contributed by atoms with Gasteiger partial charge >= 0.3 is 5.69 Å². The number of rotatable bonds is 6. The van der Waals surface area contributed by atoms with Crippen LogP contribution in [0.25, 0.3) is 0 Å². The molecule has 20 heavy (non-hydrogen) atoms. The number of nitro groups is 1. The molecule has 0 aliphatic rings. The first-order chi connectivity index (χ1) is 9.65. The van der Waals surface area contributed by atoms with E-state index in [0.29, 0.717) is 11.4 Å². The molecule has 0 aliphatic heterocycles. The third-order valence-corrected chi connectivity index (χ3v) is 3.30. The fraction of sp³-hybridized carbons (Fsp3) is 0.273. The van der Waals surface area contributed by atoms with Gasteiger partial charge in [0, 0.05) is 18.6 Å². The van der Waals surface area contributed by atoms with Gasteiger partial charge in [0.1, 0.15) is 23.1 Å². The Morgan fingerprint density at radius 3 is 2.95 bits per heavy atom. The number of ether oxygens (including phenoxy) is 2. The number of nitrogens with zero attached hydrogens (tertiary/aromatic N) is 3. The van der Waals surface area contributed by atoms with Crippen molar-refractivity contribution in [1.82, 2.24) is 9.59 Å². The summed E-state index contributed by atoms with van der Waals surface area (Å²) in [6, 6.07) is 4.41. The van der Waals surface area contributed by atoms with E-state index in [0.717, 1.165) is 5.00 Å². The Morgan fingerprint density at radius 1 is 1.50 bits per heavy atom. The van der Waals surface area contributed by atoms with Gasteiger partial charge in [0.05, 0.1) is 18.1 Å². The van der Waals surface area contributed by atoms with Crippen molar-refractivity contribution in [3.63, 3.8) is 0 Å². The molecule has 1 aromatic heterocycles. The maximum atomic E-state index is 11.0. The molecule has 1 aromatic carbocycles. The van der Waals surface area contributed by atoms with Gasteiger partial charge in [-0.15, -0.1) is 5.10 Å². The molecule has 0 amide bonds. The minimum atomic E-state index is -0.518. The molecule has 0 fully saturated rings. The van der Waals surface area contributed by atoms with Crippen LogP contribution in [-0.4, -0.2) is 28.7 Å². The molecular formula is C11H12N4O4S. The molecule has 0 atom stereocenters. The summed E-state index contributed by atoms with van der Waals surface area (Å²) in [6.45, 7) is 0.0971. The molecule has 0 spiro atoms. The molecule has 0 unspecified atom stereocenters. The lowest BCUT2D eigenvalue weighted by Crippen LogP contribution is -2.02. The van der Waals surface area contributed by atoms with Crippen LogP contribution in [0.1, 0.15) is 5.69 Å². The summed E-state index contributed by atoms with van der Waals surface area (Å²) >= 11 is 1.20. The molecule has 0 saturated heterocycles. The van der Waals surface area contributed by atoms with Crippen LogP contribution in [0.15, 0.2) is 18.2 Å². The number of anilines is 1. The fourth-order valence-electron chi connectivity index (χ4n) is 1.53. The lowest BCUT2D eigenvalue weighted by Gasteiger charge is -2.07. The third-order valence-electron chi connectivity index (χ3n) is 2.51. The average molecular weight is 296 g/mol. The van der Waals surface area contributed by atoms with Crippen LogP contribution in [0.4, 0.5) is 10.7 Å². The summed E-state index contributed by atoms with van der Waals surface area (Å²) in [5.41, 5.74) is 0.446. The van der Waals surface area contributed by atoms with Gasteiger partial charge < -0.3 is 14.8 Å². The molecule has 0 radical (unpaired) electrons. The predicted molar refractivity (Wildman–Crippen MR) is 73.4 cm³/mol. The van der Waals surface area contributed by atoms with Gasteiger partial charge in [-0.1, -0.05) is 4.49 Å². The van der Waals surface area contributed by atoms with Gasteiger partial charge in [0.25, 0.3) is 0 Å². The van der Waals surface area contributed by atoms with Crippen molar-refractivity contribution in [2.75, 3.05) is 19.5 Å². The average Bonchev–Trinajstić information content (AvgIpc) is 2.92. The van der Waals surface area contributed by atoms with Gasteiger partial charge in [0.15, 0.2) is 5.75 Å². The van der Waals surface area contributed by atoms with Gasteiger partial charge in [-0.2, -0.15) is 0 Å². The highest BCUT2D eigenvalue weighted by Crippen LogP contribution is 2.32. The Hall–Kier alpha value is -2.42. The van der Waals surface area contributed by atoms with Gasteiger partial charge in [-0.05, 0) is 12.1 Å². The van der Waals surface area contributed by atoms with E-state index < -0.39 is 4.92 Å². The number of aromatic nitrogens is 2. The van der Waals surface area contributed by atoms with Crippen LogP contribution >= 0.6 is 11.5 Å². The van der Waals surface area contributed by atoms with Gasteiger partial charge in [-0.25, -0.2) is 0 Å². The van der Waals surface area contributed by atoms with Crippen LogP contribution in [0.2, 0.25) is 0 Å². The van der Waals surface area contributed by atoms with Crippen LogP contribution in [0.3, 0.4) is 0 Å². The predicted octanol–water partition coefficient (Wildman–Crippen LogP) is 2.08.